The van der Waals surface area contributed by atoms with Gasteiger partial charge in [-0.2, -0.15) is 0 Å². The summed E-state index contributed by atoms with van der Waals surface area (Å²) in [6, 6.07) is 5.55. The lowest BCUT2D eigenvalue weighted by molar-refractivity contribution is 0.0951. The van der Waals surface area contributed by atoms with Gasteiger partial charge in [-0.05, 0) is 30.5 Å². The van der Waals surface area contributed by atoms with E-state index in [1.165, 1.54) is 25.7 Å². The van der Waals surface area contributed by atoms with Crippen LogP contribution in [0.5, 0.6) is 0 Å². The van der Waals surface area contributed by atoms with Gasteiger partial charge in [0, 0.05) is 12.1 Å². The molecular formula is C15H19N3O. The van der Waals surface area contributed by atoms with Crippen molar-refractivity contribution < 1.29 is 4.79 Å². The van der Waals surface area contributed by atoms with E-state index in [0.717, 1.165) is 29.9 Å². The summed E-state index contributed by atoms with van der Waals surface area (Å²) >= 11 is 0. The predicted molar refractivity (Wildman–Crippen MR) is 75.0 cm³/mol. The standard InChI is InChI=1S/C15H19N3O/c19-15(16-8-7-11-3-1-2-4-11)12-5-6-13-14(9-12)18-10-17-13/h5-6,9-11H,1-4,7-8H2,(H,16,19)(H,17,18). The maximum Gasteiger partial charge on any atom is 0.251 e. The molecular weight excluding hydrogens is 238 g/mol. The Balaban J connectivity index is 1.56. The Morgan fingerprint density at radius 1 is 1.37 bits per heavy atom. The van der Waals surface area contributed by atoms with Crippen molar-refractivity contribution in [3.63, 3.8) is 0 Å². The van der Waals surface area contributed by atoms with Crippen LogP contribution in [0.4, 0.5) is 0 Å². The lowest BCUT2D eigenvalue weighted by Crippen LogP contribution is -2.25. The number of fused-ring (bicyclic) bond motifs is 1. The molecule has 0 unspecified atom stereocenters. The van der Waals surface area contributed by atoms with Gasteiger partial charge in [-0.3, -0.25) is 4.79 Å². The first kappa shape index (κ1) is 12.2. The minimum Gasteiger partial charge on any atom is -0.352 e. The van der Waals surface area contributed by atoms with E-state index in [4.69, 9.17) is 0 Å². The molecule has 1 aliphatic rings. The average Bonchev–Trinajstić information content (AvgIpc) is 3.08. The third-order valence-electron chi connectivity index (χ3n) is 4.00. The van der Waals surface area contributed by atoms with E-state index in [0.29, 0.717) is 5.56 Å². The van der Waals surface area contributed by atoms with Crippen LogP contribution in [-0.2, 0) is 0 Å². The zero-order valence-electron chi connectivity index (χ0n) is 11.0. The molecule has 1 aromatic carbocycles. The summed E-state index contributed by atoms with van der Waals surface area (Å²) in [5.41, 5.74) is 2.49. The van der Waals surface area contributed by atoms with Crippen molar-refractivity contribution in [2.24, 2.45) is 5.92 Å². The van der Waals surface area contributed by atoms with Crippen LogP contribution in [0.2, 0.25) is 0 Å². The number of amides is 1. The Kier molecular flexibility index (Phi) is 3.49. The molecule has 2 N–H and O–H groups in total. The molecule has 1 aliphatic carbocycles. The van der Waals surface area contributed by atoms with Crippen LogP contribution in [0.1, 0.15) is 42.5 Å². The van der Waals surface area contributed by atoms with Crippen LogP contribution in [0.15, 0.2) is 24.5 Å². The van der Waals surface area contributed by atoms with Gasteiger partial charge in [0.05, 0.1) is 17.4 Å². The number of imidazole rings is 1. The minimum absolute atomic E-state index is 0.00879. The summed E-state index contributed by atoms with van der Waals surface area (Å²) in [4.78, 5) is 19.2. The highest BCUT2D eigenvalue weighted by Crippen LogP contribution is 2.26. The van der Waals surface area contributed by atoms with Gasteiger partial charge in [-0.25, -0.2) is 4.98 Å². The van der Waals surface area contributed by atoms with Crippen LogP contribution < -0.4 is 5.32 Å². The van der Waals surface area contributed by atoms with E-state index in [-0.39, 0.29) is 5.91 Å². The fourth-order valence-corrected chi connectivity index (χ4v) is 2.87. The molecule has 1 fully saturated rings. The second-order valence-electron chi connectivity index (χ2n) is 5.33. The molecule has 0 saturated heterocycles. The molecule has 0 bridgehead atoms. The minimum atomic E-state index is 0.00879. The van der Waals surface area contributed by atoms with Gasteiger partial charge in [0.15, 0.2) is 0 Å². The van der Waals surface area contributed by atoms with Crippen molar-refractivity contribution in [1.29, 1.82) is 0 Å². The van der Waals surface area contributed by atoms with Crippen LogP contribution in [0.3, 0.4) is 0 Å². The van der Waals surface area contributed by atoms with E-state index in [9.17, 15) is 4.79 Å². The van der Waals surface area contributed by atoms with Crippen molar-refractivity contribution in [1.82, 2.24) is 15.3 Å². The third-order valence-corrected chi connectivity index (χ3v) is 4.00. The van der Waals surface area contributed by atoms with E-state index in [1.54, 1.807) is 6.33 Å². The topological polar surface area (TPSA) is 57.8 Å². The van der Waals surface area contributed by atoms with Crippen molar-refractivity contribution >= 4 is 16.9 Å². The van der Waals surface area contributed by atoms with Gasteiger partial charge in [0.2, 0.25) is 0 Å². The Hall–Kier alpha value is -1.84. The quantitative estimate of drug-likeness (QED) is 0.884. The van der Waals surface area contributed by atoms with E-state index < -0.39 is 0 Å². The molecule has 0 spiro atoms. The van der Waals surface area contributed by atoms with Crippen LogP contribution in [0, 0.1) is 5.92 Å². The fourth-order valence-electron chi connectivity index (χ4n) is 2.87. The van der Waals surface area contributed by atoms with E-state index in [1.807, 2.05) is 18.2 Å². The summed E-state index contributed by atoms with van der Waals surface area (Å²) in [6.45, 7) is 0.782. The third kappa shape index (κ3) is 2.78. The Morgan fingerprint density at radius 2 is 2.21 bits per heavy atom. The Labute approximate surface area is 112 Å². The molecule has 4 nitrogen and oxygen atoms in total. The number of aromatic amines is 1. The number of nitrogens with zero attached hydrogens (tertiary/aromatic N) is 1. The van der Waals surface area contributed by atoms with Gasteiger partial charge in [-0.1, -0.05) is 25.7 Å². The average molecular weight is 257 g/mol. The zero-order chi connectivity index (χ0) is 13.1. The maximum atomic E-state index is 12.0. The highest BCUT2D eigenvalue weighted by molar-refractivity contribution is 5.97. The molecule has 1 saturated carbocycles. The van der Waals surface area contributed by atoms with Gasteiger partial charge < -0.3 is 10.3 Å². The molecule has 100 valence electrons. The van der Waals surface area contributed by atoms with E-state index in [2.05, 4.69) is 15.3 Å². The number of rotatable bonds is 4. The van der Waals surface area contributed by atoms with Gasteiger partial charge in [0.25, 0.3) is 5.91 Å². The monoisotopic (exact) mass is 257 g/mol. The first-order valence-corrected chi connectivity index (χ1v) is 7.04. The van der Waals surface area contributed by atoms with Crippen molar-refractivity contribution in [3.8, 4) is 0 Å². The number of nitrogens with one attached hydrogen (secondary N) is 2. The molecule has 0 aliphatic heterocycles. The summed E-state index contributed by atoms with van der Waals surface area (Å²) in [6.07, 6.45) is 8.13. The number of hydrogen-bond acceptors (Lipinski definition) is 2. The summed E-state index contributed by atoms with van der Waals surface area (Å²) < 4.78 is 0. The summed E-state index contributed by atoms with van der Waals surface area (Å²) in [5.74, 6) is 0.824. The molecule has 1 amide bonds. The van der Waals surface area contributed by atoms with Crippen LogP contribution >= 0.6 is 0 Å². The van der Waals surface area contributed by atoms with Crippen LogP contribution in [0.25, 0.3) is 11.0 Å². The Bertz CT molecular complexity index is 570. The van der Waals surface area contributed by atoms with E-state index >= 15 is 0 Å². The molecule has 2 aromatic rings. The number of aromatic nitrogens is 2. The van der Waals surface area contributed by atoms with Gasteiger partial charge >= 0.3 is 0 Å². The number of H-pyrrole nitrogens is 1. The lowest BCUT2D eigenvalue weighted by Gasteiger charge is -2.09. The first-order chi connectivity index (χ1) is 9.33. The number of carbonyl (C=O) groups excluding carboxylic acids is 1. The molecule has 0 radical (unpaired) electrons. The van der Waals surface area contributed by atoms with Crippen LogP contribution in [-0.4, -0.2) is 22.4 Å². The van der Waals surface area contributed by atoms with Gasteiger partial charge in [0.1, 0.15) is 0 Å². The molecule has 19 heavy (non-hydrogen) atoms. The molecule has 1 heterocycles. The lowest BCUT2D eigenvalue weighted by atomic mass is 10.0. The largest absolute Gasteiger partial charge is 0.352 e. The van der Waals surface area contributed by atoms with Crippen molar-refractivity contribution in [3.05, 3.63) is 30.1 Å². The first-order valence-electron chi connectivity index (χ1n) is 7.04. The second kappa shape index (κ2) is 5.43. The maximum absolute atomic E-state index is 12.0. The molecule has 0 atom stereocenters. The number of hydrogen-bond donors (Lipinski definition) is 2. The predicted octanol–water partition coefficient (Wildman–Crippen LogP) is 2.87. The number of benzene rings is 1. The van der Waals surface area contributed by atoms with Gasteiger partial charge in [-0.15, -0.1) is 0 Å². The highest BCUT2D eigenvalue weighted by atomic mass is 16.1. The molecule has 4 heteroatoms. The van der Waals surface area contributed by atoms with Crippen molar-refractivity contribution in [2.45, 2.75) is 32.1 Å². The number of carbonyl (C=O) groups is 1. The summed E-state index contributed by atoms with van der Waals surface area (Å²) in [7, 11) is 0. The fraction of sp³-hybridized carbons (Fsp3) is 0.467. The highest BCUT2D eigenvalue weighted by Gasteiger charge is 2.15. The van der Waals surface area contributed by atoms with Crippen molar-refractivity contribution in [2.75, 3.05) is 6.54 Å². The SMILES string of the molecule is O=C(NCCC1CCCC1)c1ccc2nc[nH]c2c1. The Morgan fingerprint density at radius 3 is 3.05 bits per heavy atom. The normalized spacial score (nSPS) is 16.0. The summed E-state index contributed by atoms with van der Waals surface area (Å²) in [5, 5.41) is 3.01. The second-order valence-corrected chi connectivity index (χ2v) is 5.33. The smallest absolute Gasteiger partial charge is 0.251 e. The zero-order valence-corrected chi connectivity index (χ0v) is 11.0. The molecule has 3 rings (SSSR count). The molecule has 1 aromatic heterocycles.